The van der Waals surface area contributed by atoms with Crippen LogP contribution in [0.4, 0.5) is 5.69 Å². The number of para-hydroxylation sites is 1. The van der Waals surface area contributed by atoms with Crippen LogP contribution in [-0.4, -0.2) is 15.5 Å². The molecule has 1 aromatic heterocycles. The van der Waals surface area contributed by atoms with Crippen LogP contribution in [0.25, 0.3) is 0 Å². The van der Waals surface area contributed by atoms with E-state index < -0.39 is 0 Å². The van der Waals surface area contributed by atoms with Crippen molar-refractivity contribution in [1.29, 1.82) is 0 Å². The number of aromatic nitrogens is 2. The predicted octanol–water partition coefficient (Wildman–Crippen LogP) is 3.70. The van der Waals surface area contributed by atoms with Crippen LogP contribution in [0.2, 0.25) is 0 Å². The molecule has 3 heteroatoms. The fourth-order valence-corrected chi connectivity index (χ4v) is 3.28. The third kappa shape index (κ3) is 2.14. The minimum absolute atomic E-state index is 0.159. The number of imidazole rings is 1. The zero-order chi connectivity index (χ0) is 13.5. The fraction of sp³-hybridized carbons (Fsp3) is 0.438. The first kappa shape index (κ1) is 12.3. The number of hydrogen-bond acceptors (Lipinski definition) is 2. The van der Waals surface area contributed by atoms with E-state index in [2.05, 4.69) is 59.9 Å². The number of benzene rings is 1. The fourth-order valence-electron chi connectivity index (χ4n) is 3.28. The molecule has 1 N–H and O–H groups in total. The maximum Gasteiger partial charge on any atom is 0.0923 e. The zero-order valence-electron chi connectivity index (χ0n) is 11.9. The van der Waals surface area contributed by atoms with Crippen molar-refractivity contribution in [2.75, 3.05) is 4.90 Å². The quantitative estimate of drug-likeness (QED) is 0.887. The number of fused-ring (bicyclic) bond motifs is 1. The van der Waals surface area contributed by atoms with E-state index in [1.807, 2.05) is 6.20 Å². The highest BCUT2D eigenvalue weighted by molar-refractivity contribution is 5.59. The van der Waals surface area contributed by atoms with E-state index in [0.717, 1.165) is 12.2 Å². The minimum atomic E-state index is 0.159. The van der Waals surface area contributed by atoms with Crippen molar-refractivity contribution < 1.29 is 0 Å². The Balaban J connectivity index is 2.02. The van der Waals surface area contributed by atoms with Gasteiger partial charge in [0.05, 0.1) is 18.6 Å². The summed E-state index contributed by atoms with van der Waals surface area (Å²) >= 11 is 0. The smallest absolute Gasteiger partial charge is 0.0923 e. The van der Waals surface area contributed by atoms with Gasteiger partial charge in [0, 0.05) is 17.4 Å². The Kier molecular flexibility index (Phi) is 2.85. The summed E-state index contributed by atoms with van der Waals surface area (Å²) in [5, 5.41) is 0. The van der Waals surface area contributed by atoms with Crippen molar-refractivity contribution in [3.05, 3.63) is 48.0 Å². The summed E-state index contributed by atoms with van der Waals surface area (Å²) in [6, 6.07) is 8.76. The number of hydrogen-bond donors (Lipinski definition) is 1. The van der Waals surface area contributed by atoms with Crippen LogP contribution in [-0.2, 0) is 6.54 Å². The minimum Gasteiger partial charge on any atom is -0.360 e. The molecule has 2 aromatic rings. The van der Waals surface area contributed by atoms with Crippen LogP contribution >= 0.6 is 0 Å². The van der Waals surface area contributed by atoms with E-state index >= 15 is 0 Å². The number of nitrogens with one attached hydrogen (secondary N) is 1. The van der Waals surface area contributed by atoms with Crippen LogP contribution in [0.5, 0.6) is 0 Å². The van der Waals surface area contributed by atoms with Crippen LogP contribution in [0.1, 0.15) is 44.4 Å². The van der Waals surface area contributed by atoms with Gasteiger partial charge in [-0.2, -0.15) is 0 Å². The molecule has 0 saturated heterocycles. The molecule has 3 nitrogen and oxygen atoms in total. The van der Waals surface area contributed by atoms with Crippen LogP contribution in [0, 0.1) is 0 Å². The van der Waals surface area contributed by atoms with E-state index in [1.54, 1.807) is 6.33 Å². The molecule has 0 bridgehead atoms. The van der Waals surface area contributed by atoms with Gasteiger partial charge >= 0.3 is 0 Å². The molecule has 1 unspecified atom stereocenters. The second kappa shape index (κ2) is 4.41. The van der Waals surface area contributed by atoms with Gasteiger partial charge < -0.3 is 9.88 Å². The first-order valence-electron chi connectivity index (χ1n) is 6.92. The Morgan fingerprint density at radius 3 is 2.89 bits per heavy atom. The highest BCUT2D eigenvalue weighted by atomic mass is 15.2. The molecule has 100 valence electrons. The molecule has 0 radical (unpaired) electrons. The predicted molar refractivity (Wildman–Crippen MR) is 78.3 cm³/mol. The number of aromatic amines is 1. The molecule has 1 aliphatic heterocycles. The van der Waals surface area contributed by atoms with Gasteiger partial charge in [-0.15, -0.1) is 0 Å². The average molecular weight is 255 g/mol. The standard InChI is InChI=1S/C16H21N3/c1-12-8-16(2,3)19(10-13-9-17-11-18-13)15-7-5-4-6-14(12)15/h4-7,9,11-12H,8,10H2,1-3H3,(H,17,18). The van der Waals surface area contributed by atoms with E-state index in [9.17, 15) is 0 Å². The Hall–Kier alpha value is -1.77. The van der Waals surface area contributed by atoms with Crippen molar-refractivity contribution in [2.24, 2.45) is 0 Å². The molecule has 0 fully saturated rings. The maximum absolute atomic E-state index is 4.37. The van der Waals surface area contributed by atoms with Crippen molar-refractivity contribution in [3.8, 4) is 0 Å². The van der Waals surface area contributed by atoms with Gasteiger partial charge in [-0.05, 0) is 37.8 Å². The molecular weight excluding hydrogens is 234 g/mol. The van der Waals surface area contributed by atoms with Gasteiger partial charge in [-0.3, -0.25) is 0 Å². The lowest BCUT2D eigenvalue weighted by atomic mass is 9.80. The van der Waals surface area contributed by atoms with Gasteiger partial charge in [-0.25, -0.2) is 4.98 Å². The number of nitrogens with zero attached hydrogens (tertiary/aromatic N) is 2. The molecule has 3 rings (SSSR count). The van der Waals surface area contributed by atoms with Crippen LogP contribution in [0.15, 0.2) is 36.8 Å². The Bertz CT molecular complexity index is 557. The molecule has 0 amide bonds. The summed E-state index contributed by atoms with van der Waals surface area (Å²) in [5.74, 6) is 0.613. The van der Waals surface area contributed by atoms with Crippen molar-refractivity contribution in [1.82, 2.24) is 9.97 Å². The summed E-state index contributed by atoms with van der Waals surface area (Å²) < 4.78 is 0. The first-order chi connectivity index (χ1) is 9.08. The molecule has 1 atom stereocenters. The highest BCUT2D eigenvalue weighted by Crippen LogP contribution is 2.43. The van der Waals surface area contributed by atoms with Crippen molar-refractivity contribution >= 4 is 5.69 Å². The largest absolute Gasteiger partial charge is 0.360 e. The van der Waals surface area contributed by atoms with Crippen LogP contribution in [0.3, 0.4) is 0 Å². The lowest BCUT2D eigenvalue weighted by Gasteiger charge is -2.47. The maximum atomic E-state index is 4.37. The lowest BCUT2D eigenvalue weighted by Crippen LogP contribution is -2.47. The Labute approximate surface area is 114 Å². The van der Waals surface area contributed by atoms with Crippen molar-refractivity contribution in [2.45, 2.75) is 45.2 Å². The SMILES string of the molecule is CC1CC(C)(C)N(Cc2c[nH]cn2)c2ccccc21. The van der Waals surface area contributed by atoms with Gasteiger partial charge in [0.1, 0.15) is 0 Å². The summed E-state index contributed by atoms with van der Waals surface area (Å²) in [5.41, 5.74) is 4.07. The Morgan fingerprint density at radius 2 is 2.16 bits per heavy atom. The molecule has 19 heavy (non-hydrogen) atoms. The van der Waals surface area contributed by atoms with Crippen molar-refractivity contribution in [3.63, 3.8) is 0 Å². The normalized spacial score (nSPS) is 21.2. The third-order valence-corrected chi connectivity index (χ3v) is 4.17. The number of rotatable bonds is 2. The van der Waals surface area contributed by atoms with E-state index in [-0.39, 0.29) is 5.54 Å². The van der Waals surface area contributed by atoms with Gasteiger partial charge in [-0.1, -0.05) is 25.1 Å². The highest BCUT2D eigenvalue weighted by Gasteiger charge is 2.36. The summed E-state index contributed by atoms with van der Waals surface area (Å²) in [6.07, 6.45) is 4.91. The van der Waals surface area contributed by atoms with Gasteiger partial charge in [0.25, 0.3) is 0 Å². The molecule has 0 saturated carbocycles. The molecule has 1 aromatic carbocycles. The van der Waals surface area contributed by atoms with Gasteiger partial charge in [0.15, 0.2) is 0 Å². The van der Waals surface area contributed by atoms with E-state index in [1.165, 1.54) is 17.7 Å². The third-order valence-electron chi connectivity index (χ3n) is 4.17. The summed E-state index contributed by atoms with van der Waals surface area (Å²) in [6.45, 7) is 7.84. The summed E-state index contributed by atoms with van der Waals surface area (Å²) in [7, 11) is 0. The molecule has 1 aliphatic rings. The topological polar surface area (TPSA) is 31.9 Å². The monoisotopic (exact) mass is 255 g/mol. The second-order valence-electron chi connectivity index (χ2n) is 6.12. The number of anilines is 1. The number of H-pyrrole nitrogens is 1. The second-order valence-corrected chi connectivity index (χ2v) is 6.12. The molecule has 2 heterocycles. The lowest BCUT2D eigenvalue weighted by molar-refractivity contribution is 0.373. The zero-order valence-corrected chi connectivity index (χ0v) is 11.9. The average Bonchev–Trinajstić information content (AvgIpc) is 2.87. The Morgan fingerprint density at radius 1 is 1.37 bits per heavy atom. The van der Waals surface area contributed by atoms with Gasteiger partial charge in [0.2, 0.25) is 0 Å². The van der Waals surface area contributed by atoms with Crippen LogP contribution < -0.4 is 4.90 Å². The first-order valence-corrected chi connectivity index (χ1v) is 6.92. The summed E-state index contributed by atoms with van der Waals surface area (Å²) in [4.78, 5) is 9.90. The molecule has 0 spiro atoms. The molecule has 0 aliphatic carbocycles. The van der Waals surface area contributed by atoms with E-state index in [0.29, 0.717) is 5.92 Å². The van der Waals surface area contributed by atoms with E-state index in [4.69, 9.17) is 0 Å². The molecular formula is C16H21N3.